The van der Waals surface area contributed by atoms with Gasteiger partial charge in [-0.05, 0) is 24.6 Å². The number of nitrogen functional groups attached to an aromatic ring is 1. The van der Waals surface area contributed by atoms with Crippen LogP contribution in [0.25, 0.3) is 5.69 Å². The molecule has 0 radical (unpaired) electrons. The summed E-state index contributed by atoms with van der Waals surface area (Å²) in [4.78, 5) is 86.6. The molecule has 3 aliphatic rings. The molecule has 0 aliphatic carbocycles. The van der Waals surface area contributed by atoms with E-state index in [1.807, 2.05) is 0 Å². The fraction of sp³-hybridized carbons (Fsp3) is 0.150. The van der Waals surface area contributed by atoms with Crippen molar-refractivity contribution in [2.24, 2.45) is 0 Å². The smallest absolute Gasteiger partial charge is 0.262 e. The SMILES string of the molecule is Nc1c2c(cc(=O)n1-c1ccc3c(c1)C(=O)N(C1CCC(=O)NC1=O)C3=O)C(=O)NC2=O. The molecule has 12 heteroatoms. The van der Waals surface area contributed by atoms with Gasteiger partial charge in [-0.25, -0.2) is 0 Å². The van der Waals surface area contributed by atoms with Gasteiger partial charge >= 0.3 is 0 Å². The van der Waals surface area contributed by atoms with E-state index in [4.69, 9.17) is 5.73 Å². The van der Waals surface area contributed by atoms with Gasteiger partial charge in [0.1, 0.15) is 11.9 Å². The Balaban J connectivity index is 1.59. The summed E-state index contributed by atoms with van der Waals surface area (Å²) in [6.45, 7) is 0. The second kappa shape index (κ2) is 6.44. The first-order valence-corrected chi connectivity index (χ1v) is 9.46. The summed E-state index contributed by atoms with van der Waals surface area (Å²) < 4.78 is 0.948. The number of hydrogen-bond donors (Lipinski definition) is 3. The molecule has 12 nitrogen and oxygen atoms in total. The van der Waals surface area contributed by atoms with E-state index < -0.39 is 47.0 Å². The summed E-state index contributed by atoms with van der Waals surface area (Å²) in [7, 11) is 0. The van der Waals surface area contributed by atoms with E-state index in [2.05, 4.69) is 10.6 Å². The quantitative estimate of drug-likeness (QED) is 0.487. The molecule has 4 N–H and O–H groups in total. The van der Waals surface area contributed by atoms with E-state index in [-0.39, 0.29) is 46.6 Å². The maximum Gasteiger partial charge on any atom is 0.262 e. The number of amides is 6. The normalized spacial score (nSPS) is 19.8. The first-order chi connectivity index (χ1) is 15.2. The highest BCUT2D eigenvalue weighted by Gasteiger charge is 2.44. The number of nitrogens with two attached hydrogens (primary N) is 1. The number of rotatable bonds is 2. The lowest BCUT2D eigenvalue weighted by molar-refractivity contribution is -0.136. The molecule has 0 saturated carbocycles. The molecule has 1 atom stereocenters. The highest BCUT2D eigenvalue weighted by atomic mass is 16.2. The van der Waals surface area contributed by atoms with Gasteiger partial charge in [-0.1, -0.05) is 0 Å². The number of aromatic nitrogens is 1. The minimum Gasteiger partial charge on any atom is -0.384 e. The highest BCUT2D eigenvalue weighted by molar-refractivity contribution is 6.24. The summed E-state index contributed by atoms with van der Waals surface area (Å²) in [5.74, 6) is -4.49. The van der Waals surface area contributed by atoms with Gasteiger partial charge < -0.3 is 5.73 Å². The van der Waals surface area contributed by atoms with Crippen LogP contribution in [0, 0.1) is 0 Å². The van der Waals surface area contributed by atoms with Gasteiger partial charge in [-0.3, -0.25) is 53.7 Å². The number of anilines is 1. The Kier molecular flexibility index (Phi) is 3.90. The summed E-state index contributed by atoms with van der Waals surface area (Å²) in [5, 5.41) is 4.16. The third-order valence-electron chi connectivity index (χ3n) is 5.63. The Morgan fingerprint density at radius 1 is 0.844 bits per heavy atom. The molecule has 1 aromatic carbocycles. The molecule has 32 heavy (non-hydrogen) atoms. The fourth-order valence-electron chi connectivity index (χ4n) is 4.14. The van der Waals surface area contributed by atoms with Gasteiger partial charge in [0.25, 0.3) is 29.2 Å². The van der Waals surface area contributed by atoms with Crippen molar-refractivity contribution in [3.05, 3.63) is 56.9 Å². The van der Waals surface area contributed by atoms with Crippen LogP contribution in [0.15, 0.2) is 29.1 Å². The first-order valence-electron chi connectivity index (χ1n) is 9.46. The number of benzene rings is 1. The van der Waals surface area contributed by atoms with Crippen LogP contribution in [0.1, 0.15) is 54.3 Å². The Labute approximate surface area is 178 Å². The van der Waals surface area contributed by atoms with Crippen molar-refractivity contribution in [1.29, 1.82) is 0 Å². The maximum atomic E-state index is 13.0. The predicted octanol–water partition coefficient (Wildman–Crippen LogP) is -1.30. The molecular weight excluding hydrogens is 422 g/mol. The number of hydrogen-bond acceptors (Lipinski definition) is 8. The second-order valence-corrected chi connectivity index (χ2v) is 7.45. The van der Waals surface area contributed by atoms with E-state index in [1.165, 1.54) is 18.2 Å². The van der Waals surface area contributed by atoms with Gasteiger partial charge in [0, 0.05) is 12.5 Å². The van der Waals surface area contributed by atoms with Crippen LogP contribution in [0.3, 0.4) is 0 Å². The van der Waals surface area contributed by atoms with Gasteiger partial charge in [0.05, 0.1) is 27.9 Å². The summed E-state index contributed by atoms with van der Waals surface area (Å²) in [6.07, 6.45) is -0.0136. The molecule has 6 amide bonds. The van der Waals surface area contributed by atoms with Crippen LogP contribution in [-0.4, -0.2) is 51.0 Å². The topological polar surface area (TPSA) is 178 Å². The molecule has 1 saturated heterocycles. The Bertz CT molecular complexity index is 1390. The molecular formula is C20H13N5O7. The Hall–Kier alpha value is -4.61. The number of imide groups is 3. The average molecular weight is 435 g/mol. The second-order valence-electron chi connectivity index (χ2n) is 7.45. The van der Waals surface area contributed by atoms with Gasteiger partial charge in [0.2, 0.25) is 11.8 Å². The fourth-order valence-corrected chi connectivity index (χ4v) is 4.14. The van der Waals surface area contributed by atoms with Crippen LogP contribution in [-0.2, 0) is 9.59 Å². The Morgan fingerprint density at radius 2 is 1.56 bits per heavy atom. The zero-order valence-electron chi connectivity index (χ0n) is 16.1. The lowest BCUT2D eigenvalue weighted by atomic mass is 10.0. The number of piperidine rings is 1. The standard InChI is InChI=1S/C20H13N5O7/c21-15-14-10(16(28)23-18(14)30)6-13(27)24(15)7-1-2-8-9(5-7)20(32)25(19(8)31)11-3-4-12(26)22-17(11)29/h1-2,5-6,11H,3-4,21H2,(H,22,26,29)(H,23,28,30). The van der Waals surface area contributed by atoms with Crippen molar-refractivity contribution in [1.82, 2.24) is 20.1 Å². The number of nitrogens with zero attached hydrogens (tertiary/aromatic N) is 2. The maximum absolute atomic E-state index is 13.0. The van der Waals surface area contributed by atoms with Crippen LogP contribution >= 0.6 is 0 Å². The molecule has 1 fully saturated rings. The van der Waals surface area contributed by atoms with Crippen molar-refractivity contribution < 1.29 is 28.8 Å². The van der Waals surface area contributed by atoms with Crippen LogP contribution in [0.2, 0.25) is 0 Å². The van der Waals surface area contributed by atoms with Crippen molar-refractivity contribution in [3.63, 3.8) is 0 Å². The zero-order chi connectivity index (χ0) is 22.9. The number of fused-ring (bicyclic) bond motifs is 2. The van der Waals surface area contributed by atoms with E-state index in [0.29, 0.717) is 0 Å². The summed E-state index contributed by atoms with van der Waals surface area (Å²) in [6, 6.07) is 3.74. The monoisotopic (exact) mass is 435 g/mol. The zero-order valence-corrected chi connectivity index (χ0v) is 16.1. The number of pyridine rings is 1. The van der Waals surface area contributed by atoms with Crippen LogP contribution < -0.4 is 21.9 Å². The largest absolute Gasteiger partial charge is 0.384 e. The third kappa shape index (κ3) is 2.52. The van der Waals surface area contributed by atoms with Crippen molar-refractivity contribution in [2.45, 2.75) is 18.9 Å². The predicted molar refractivity (Wildman–Crippen MR) is 105 cm³/mol. The molecule has 4 heterocycles. The molecule has 1 aromatic heterocycles. The third-order valence-corrected chi connectivity index (χ3v) is 5.63. The lowest BCUT2D eigenvalue weighted by Crippen LogP contribution is -2.54. The van der Waals surface area contributed by atoms with Crippen molar-refractivity contribution >= 4 is 41.3 Å². The molecule has 0 bridgehead atoms. The summed E-state index contributed by atoms with van der Waals surface area (Å²) in [5.41, 5.74) is 5.02. The summed E-state index contributed by atoms with van der Waals surface area (Å²) >= 11 is 0. The van der Waals surface area contributed by atoms with E-state index >= 15 is 0 Å². The van der Waals surface area contributed by atoms with Gasteiger partial charge in [-0.2, -0.15) is 0 Å². The molecule has 5 rings (SSSR count). The molecule has 3 aliphatic heterocycles. The Morgan fingerprint density at radius 3 is 2.28 bits per heavy atom. The minimum absolute atomic E-state index is 0.00333. The van der Waals surface area contributed by atoms with Crippen LogP contribution in [0.5, 0.6) is 0 Å². The van der Waals surface area contributed by atoms with E-state index in [1.54, 1.807) is 0 Å². The minimum atomic E-state index is -1.13. The van der Waals surface area contributed by atoms with Crippen molar-refractivity contribution in [3.8, 4) is 5.69 Å². The average Bonchev–Trinajstić information content (AvgIpc) is 3.15. The number of nitrogens with one attached hydrogen (secondary N) is 2. The molecule has 160 valence electrons. The molecule has 2 aromatic rings. The van der Waals surface area contributed by atoms with Gasteiger partial charge in [0.15, 0.2) is 0 Å². The molecule has 0 spiro atoms. The molecule has 1 unspecified atom stereocenters. The van der Waals surface area contributed by atoms with Gasteiger partial charge in [-0.15, -0.1) is 0 Å². The van der Waals surface area contributed by atoms with Crippen LogP contribution in [0.4, 0.5) is 5.82 Å². The van der Waals surface area contributed by atoms with E-state index in [0.717, 1.165) is 15.5 Å². The lowest BCUT2D eigenvalue weighted by Gasteiger charge is -2.27. The highest BCUT2D eigenvalue weighted by Crippen LogP contribution is 2.30. The number of carbonyl (C=O) groups is 6. The van der Waals surface area contributed by atoms with Crippen molar-refractivity contribution in [2.75, 3.05) is 5.73 Å². The number of carbonyl (C=O) groups excluding carboxylic acids is 6. The first kappa shape index (κ1) is 19.4. The van der Waals surface area contributed by atoms with E-state index in [9.17, 15) is 33.6 Å².